The molecule has 0 N–H and O–H groups in total. The minimum absolute atomic E-state index is 0.0597. The summed E-state index contributed by atoms with van der Waals surface area (Å²) in [5.41, 5.74) is 1.08. The highest BCUT2D eigenvalue weighted by Crippen LogP contribution is 2.29. The Morgan fingerprint density at radius 1 is 1.53 bits per heavy atom. The fourth-order valence-electron chi connectivity index (χ4n) is 2.04. The molecular formula is C13H15ClN2O3. The van der Waals surface area contributed by atoms with Gasteiger partial charge in [0.05, 0.1) is 4.92 Å². The number of alkyl halides is 1. The Bertz CT molecular complexity index is 515. The van der Waals surface area contributed by atoms with Crippen LogP contribution in [0.4, 0.5) is 5.69 Å². The number of non-ortho nitro benzene ring substituents is 1. The molecule has 1 amide bonds. The molecule has 19 heavy (non-hydrogen) atoms. The lowest BCUT2D eigenvalue weighted by molar-refractivity contribution is -0.384. The molecule has 0 saturated heterocycles. The standard InChI is InChI=1S/C13H15ClN2O3/c1-9-2-3-11(16(18)19)8-12(9)13(17)15(7-6-14)10-4-5-10/h2-3,8,10H,4-7H2,1H3. The molecule has 0 radical (unpaired) electrons. The van der Waals surface area contributed by atoms with E-state index >= 15 is 0 Å². The van der Waals surface area contributed by atoms with Crippen LogP contribution < -0.4 is 0 Å². The van der Waals surface area contributed by atoms with E-state index in [0.717, 1.165) is 18.4 Å². The molecule has 5 nitrogen and oxygen atoms in total. The second kappa shape index (κ2) is 5.57. The summed E-state index contributed by atoms with van der Waals surface area (Å²) in [5.74, 6) is 0.209. The first kappa shape index (κ1) is 13.8. The molecule has 0 spiro atoms. The van der Waals surface area contributed by atoms with E-state index in [9.17, 15) is 14.9 Å². The molecule has 1 aliphatic rings. The first-order valence-electron chi connectivity index (χ1n) is 6.16. The first-order chi connectivity index (χ1) is 9.04. The number of hydrogen-bond donors (Lipinski definition) is 0. The Morgan fingerprint density at radius 2 is 2.21 bits per heavy atom. The predicted molar refractivity (Wildman–Crippen MR) is 72.6 cm³/mol. The molecule has 1 aliphatic carbocycles. The Balaban J connectivity index is 2.30. The van der Waals surface area contributed by atoms with Gasteiger partial charge in [-0.25, -0.2) is 0 Å². The van der Waals surface area contributed by atoms with E-state index < -0.39 is 4.92 Å². The van der Waals surface area contributed by atoms with Crippen molar-refractivity contribution in [1.82, 2.24) is 4.90 Å². The second-order valence-electron chi connectivity index (χ2n) is 4.68. The lowest BCUT2D eigenvalue weighted by atomic mass is 10.1. The zero-order chi connectivity index (χ0) is 14.0. The Labute approximate surface area is 116 Å². The van der Waals surface area contributed by atoms with Gasteiger partial charge in [-0.1, -0.05) is 6.07 Å². The van der Waals surface area contributed by atoms with Crippen LogP contribution in [0.25, 0.3) is 0 Å². The highest BCUT2D eigenvalue weighted by Gasteiger charge is 2.33. The lowest BCUT2D eigenvalue weighted by Crippen LogP contribution is -2.35. The van der Waals surface area contributed by atoms with E-state index in [-0.39, 0.29) is 17.6 Å². The molecule has 0 atom stereocenters. The van der Waals surface area contributed by atoms with Crippen molar-refractivity contribution in [3.05, 3.63) is 39.4 Å². The van der Waals surface area contributed by atoms with E-state index in [1.165, 1.54) is 12.1 Å². The van der Waals surface area contributed by atoms with Crippen molar-refractivity contribution in [2.45, 2.75) is 25.8 Å². The van der Waals surface area contributed by atoms with Gasteiger partial charge in [0.2, 0.25) is 0 Å². The molecule has 1 aromatic rings. The van der Waals surface area contributed by atoms with Gasteiger partial charge in [-0.2, -0.15) is 0 Å². The zero-order valence-corrected chi connectivity index (χ0v) is 11.4. The Kier molecular flexibility index (Phi) is 4.04. The van der Waals surface area contributed by atoms with Crippen LogP contribution in [0, 0.1) is 17.0 Å². The SMILES string of the molecule is Cc1ccc([N+](=O)[O-])cc1C(=O)N(CCCl)C1CC1. The largest absolute Gasteiger partial charge is 0.334 e. The fourth-order valence-corrected chi connectivity index (χ4v) is 2.22. The molecular weight excluding hydrogens is 268 g/mol. The summed E-state index contributed by atoms with van der Waals surface area (Å²) in [6.45, 7) is 2.26. The maximum Gasteiger partial charge on any atom is 0.270 e. The van der Waals surface area contributed by atoms with Gasteiger partial charge in [0.25, 0.3) is 11.6 Å². The topological polar surface area (TPSA) is 63.5 Å². The van der Waals surface area contributed by atoms with Crippen LogP contribution in [-0.4, -0.2) is 34.2 Å². The minimum atomic E-state index is -0.487. The molecule has 1 saturated carbocycles. The van der Waals surface area contributed by atoms with Crippen LogP contribution in [0.5, 0.6) is 0 Å². The van der Waals surface area contributed by atoms with Crippen LogP contribution in [0.1, 0.15) is 28.8 Å². The van der Waals surface area contributed by atoms with Crippen molar-refractivity contribution in [3.8, 4) is 0 Å². The molecule has 0 bridgehead atoms. The summed E-state index contributed by atoms with van der Waals surface area (Å²) in [4.78, 5) is 24.5. The van der Waals surface area contributed by atoms with Crippen LogP contribution in [0.15, 0.2) is 18.2 Å². The third kappa shape index (κ3) is 3.04. The number of rotatable bonds is 5. The van der Waals surface area contributed by atoms with Gasteiger partial charge in [-0.05, 0) is 25.3 Å². The van der Waals surface area contributed by atoms with Gasteiger partial charge in [-0.3, -0.25) is 14.9 Å². The third-order valence-electron chi connectivity index (χ3n) is 3.24. The quantitative estimate of drug-likeness (QED) is 0.474. The fraction of sp³-hybridized carbons (Fsp3) is 0.462. The molecule has 6 heteroatoms. The number of nitrogens with zero attached hydrogens (tertiary/aromatic N) is 2. The number of nitro benzene ring substituents is 1. The van der Waals surface area contributed by atoms with Gasteiger partial charge in [0, 0.05) is 36.2 Å². The van der Waals surface area contributed by atoms with Crippen molar-refractivity contribution >= 4 is 23.2 Å². The molecule has 0 unspecified atom stereocenters. The summed E-state index contributed by atoms with van der Waals surface area (Å²) in [5, 5.41) is 10.8. The van der Waals surface area contributed by atoms with Gasteiger partial charge in [0.15, 0.2) is 0 Å². The first-order valence-corrected chi connectivity index (χ1v) is 6.70. The molecule has 1 aromatic carbocycles. The molecule has 2 rings (SSSR count). The summed E-state index contributed by atoms with van der Waals surface area (Å²) in [6, 6.07) is 4.61. The summed E-state index contributed by atoms with van der Waals surface area (Å²) in [7, 11) is 0. The summed E-state index contributed by atoms with van der Waals surface area (Å²) in [6.07, 6.45) is 1.97. The lowest BCUT2D eigenvalue weighted by Gasteiger charge is -2.22. The van der Waals surface area contributed by atoms with E-state index in [1.807, 2.05) is 0 Å². The monoisotopic (exact) mass is 282 g/mol. The highest BCUT2D eigenvalue weighted by atomic mass is 35.5. The predicted octanol–water partition coefficient (Wildman–Crippen LogP) is 2.75. The smallest absolute Gasteiger partial charge is 0.270 e. The van der Waals surface area contributed by atoms with Crippen LogP contribution in [-0.2, 0) is 0 Å². The number of hydrogen-bond acceptors (Lipinski definition) is 3. The number of carbonyl (C=O) groups is 1. The van der Waals surface area contributed by atoms with Crippen molar-refractivity contribution in [2.24, 2.45) is 0 Å². The van der Waals surface area contributed by atoms with Gasteiger partial charge in [-0.15, -0.1) is 11.6 Å². The molecule has 0 aliphatic heterocycles. The van der Waals surface area contributed by atoms with Crippen molar-refractivity contribution in [1.29, 1.82) is 0 Å². The minimum Gasteiger partial charge on any atom is -0.334 e. The highest BCUT2D eigenvalue weighted by molar-refractivity contribution is 6.18. The Morgan fingerprint density at radius 3 is 2.74 bits per heavy atom. The average molecular weight is 283 g/mol. The maximum absolute atomic E-state index is 12.5. The average Bonchev–Trinajstić information content (AvgIpc) is 3.19. The Hall–Kier alpha value is -1.62. The normalized spacial score (nSPS) is 14.2. The van der Waals surface area contributed by atoms with E-state index in [4.69, 9.17) is 11.6 Å². The zero-order valence-electron chi connectivity index (χ0n) is 10.6. The van der Waals surface area contributed by atoms with Crippen LogP contribution >= 0.6 is 11.6 Å². The van der Waals surface area contributed by atoms with Crippen molar-refractivity contribution < 1.29 is 9.72 Å². The molecule has 102 valence electrons. The van der Waals surface area contributed by atoms with Crippen molar-refractivity contribution in [3.63, 3.8) is 0 Å². The summed E-state index contributed by atoms with van der Waals surface area (Å²) >= 11 is 5.72. The van der Waals surface area contributed by atoms with Crippen LogP contribution in [0.3, 0.4) is 0 Å². The third-order valence-corrected chi connectivity index (χ3v) is 3.41. The number of benzene rings is 1. The van der Waals surface area contributed by atoms with Gasteiger partial charge in [0.1, 0.15) is 0 Å². The van der Waals surface area contributed by atoms with Gasteiger partial charge >= 0.3 is 0 Å². The number of nitro groups is 1. The van der Waals surface area contributed by atoms with Gasteiger partial charge < -0.3 is 4.90 Å². The second-order valence-corrected chi connectivity index (χ2v) is 5.05. The number of carbonyl (C=O) groups excluding carboxylic acids is 1. The maximum atomic E-state index is 12.5. The number of amides is 1. The van der Waals surface area contributed by atoms with Crippen LogP contribution in [0.2, 0.25) is 0 Å². The molecule has 0 heterocycles. The molecule has 0 aromatic heterocycles. The van der Waals surface area contributed by atoms with E-state index in [2.05, 4.69) is 0 Å². The van der Waals surface area contributed by atoms with Crippen molar-refractivity contribution in [2.75, 3.05) is 12.4 Å². The number of halogens is 1. The number of aryl methyl sites for hydroxylation is 1. The van der Waals surface area contributed by atoms with E-state index in [0.29, 0.717) is 18.0 Å². The van der Waals surface area contributed by atoms with E-state index in [1.54, 1.807) is 17.9 Å². The summed E-state index contributed by atoms with van der Waals surface area (Å²) < 4.78 is 0. The molecule has 1 fully saturated rings.